The molecule has 0 saturated heterocycles. The van der Waals surface area contributed by atoms with Gasteiger partial charge in [0, 0.05) is 23.2 Å². The largest absolute Gasteiger partial charge is 0.497 e. The predicted molar refractivity (Wildman–Crippen MR) is 97.7 cm³/mol. The topological polar surface area (TPSA) is 59.9 Å². The molecular formula is C15H16N4OS3. The lowest BCUT2D eigenvalue weighted by atomic mass is 10.2. The van der Waals surface area contributed by atoms with Gasteiger partial charge in [-0.05, 0) is 19.1 Å². The highest BCUT2D eigenvalue weighted by molar-refractivity contribution is 8.00. The highest BCUT2D eigenvalue weighted by Crippen LogP contribution is 2.31. The van der Waals surface area contributed by atoms with Gasteiger partial charge in [-0.3, -0.25) is 0 Å². The molecule has 0 atom stereocenters. The second-order valence-corrected chi connectivity index (χ2v) is 7.63. The molecule has 5 nitrogen and oxygen atoms in total. The Morgan fingerprint density at radius 1 is 1.30 bits per heavy atom. The van der Waals surface area contributed by atoms with E-state index in [-0.39, 0.29) is 0 Å². The normalized spacial score (nSPS) is 10.7. The van der Waals surface area contributed by atoms with Gasteiger partial charge in [-0.2, -0.15) is 0 Å². The molecule has 3 rings (SSSR count). The first-order chi connectivity index (χ1) is 11.3. The number of hydrogen-bond acceptors (Lipinski definition) is 8. The molecule has 8 heteroatoms. The number of rotatable bonds is 7. The van der Waals surface area contributed by atoms with E-state index in [0.717, 1.165) is 43.8 Å². The monoisotopic (exact) mass is 364 g/mol. The maximum absolute atomic E-state index is 5.26. The predicted octanol–water partition coefficient (Wildman–Crippen LogP) is 4.39. The lowest BCUT2D eigenvalue weighted by Gasteiger charge is -2.01. The molecule has 23 heavy (non-hydrogen) atoms. The summed E-state index contributed by atoms with van der Waals surface area (Å²) in [5.41, 5.74) is 2.13. The lowest BCUT2D eigenvalue weighted by Crippen LogP contribution is -1.94. The van der Waals surface area contributed by atoms with Gasteiger partial charge in [-0.15, -0.1) is 21.5 Å². The van der Waals surface area contributed by atoms with Crippen LogP contribution < -0.4 is 10.1 Å². The van der Waals surface area contributed by atoms with Crippen molar-refractivity contribution >= 4 is 39.6 Å². The Hall–Kier alpha value is -1.64. The van der Waals surface area contributed by atoms with E-state index in [9.17, 15) is 0 Å². The average Bonchev–Trinajstić information content (AvgIpc) is 3.23. The van der Waals surface area contributed by atoms with E-state index in [4.69, 9.17) is 9.72 Å². The molecule has 3 aromatic rings. The molecule has 0 saturated carbocycles. The molecule has 0 bridgehead atoms. The Labute approximate surface area is 147 Å². The lowest BCUT2D eigenvalue weighted by molar-refractivity contribution is 0.415. The summed E-state index contributed by atoms with van der Waals surface area (Å²) in [6.07, 6.45) is 0. The Balaban J connectivity index is 1.64. The van der Waals surface area contributed by atoms with Crippen LogP contribution in [0, 0.1) is 0 Å². The molecule has 0 fully saturated rings. The number of nitrogens with zero attached hydrogens (tertiary/aromatic N) is 3. The van der Waals surface area contributed by atoms with E-state index in [0.29, 0.717) is 0 Å². The van der Waals surface area contributed by atoms with E-state index >= 15 is 0 Å². The molecule has 0 amide bonds. The molecule has 2 heterocycles. The first kappa shape index (κ1) is 16.2. The summed E-state index contributed by atoms with van der Waals surface area (Å²) in [5, 5.41) is 15.4. The molecule has 0 unspecified atom stereocenters. The van der Waals surface area contributed by atoms with Crippen LogP contribution in [-0.4, -0.2) is 28.8 Å². The van der Waals surface area contributed by atoms with Crippen molar-refractivity contribution in [3.05, 3.63) is 35.3 Å². The number of anilines is 1. The van der Waals surface area contributed by atoms with Gasteiger partial charge in [0.25, 0.3) is 0 Å². The van der Waals surface area contributed by atoms with Gasteiger partial charge in [-0.25, -0.2) is 4.98 Å². The van der Waals surface area contributed by atoms with Crippen molar-refractivity contribution in [2.45, 2.75) is 17.0 Å². The molecule has 0 spiro atoms. The third-order valence-electron chi connectivity index (χ3n) is 2.95. The smallest absolute Gasteiger partial charge is 0.206 e. The number of thiazole rings is 1. The van der Waals surface area contributed by atoms with Crippen molar-refractivity contribution in [1.82, 2.24) is 15.2 Å². The van der Waals surface area contributed by atoms with Crippen LogP contribution in [0.2, 0.25) is 0 Å². The summed E-state index contributed by atoms with van der Waals surface area (Å²) in [6.45, 7) is 2.90. The molecule has 0 radical (unpaired) electrons. The van der Waals surface area contributed by atoms with Gasteiger partial charge in [0.2, 0.25) is 5.13 Å². The minimum atomic E-state index is 0.793. The highest BCUT2D eigenvalue weighted by Gasteiger charge is 2.08. The molecule has 0 aliphatic rings. The molecule has 120 valence electrons. The fraction of sp³-hybridized carbons (Fsp3) is 0.267. The van der Waals surface area contributed by atoms with Gasteiger partial charge in [0.15, 0.2) is 4.34 Å². The molecule has 1 aromatic carbocycles. The third kappa shape index (κ3) is 4.21. The minimum Gasteiger partial charge on any atom is -0.497 e. The van der Waals surface area contributed by atoms with Gasteiger partial charge < -0.3 is 10.1 Å². The summed E-state index contributed by atoms with van der Waals surface area (Å²) in [6, 6.07) is 7.97. The van der Waals surface area contributed by atoms with Crippen molar-refractivity contribution in [3.63, 3.8) is 0 Å². The van der Waals surface area contributed by atoms with Crippen LogP contribution in [0.1, 0.15) is 12.6 Å². The van der Waals surface area contributed by atoms with Crippen molar-refractivity contribution in [2.75, 3.05) is 19.0 Å². The minimum absolute atomic E-state index is 0.793. The Morgan fingerprint density at radius 2 is 2.22 bits per heavy atom. The Morgan fingerprint density at radius 3 is 3.04 bits per heavy atom. The van der Waals surface area contributed by atoms with Gasteiger partial charge >= 0.3 is 0 Å². The quantitative estimate of drug-likeness (QED) is 0.627. The summed E-state index contributed by atoms with van der Waals surface area (Å²) in [7, 11) is 1.67. The molecule has 0 aliphatic heterocycles. The maximum Gasteiger partial charge on any atom is 0.206 e. The first-order valence-corrected chi connectivity index (χ1v) is 9.75. The van der Waals surface area contributed by atoms with Crippen LogP contribution in [0.25, 0.3) is 10.6 Å². The van der Waals surface area contributed by atoms with Crippen LogP contribution >= 0.6 is 34.4 Å². The van der Waals surface area contributed by atoms with Crippen LogP contribution in [0.3, 0.4) is 0 Å². The number of nitrogens with one attached hydrogen (secondary N) is 1. The van der Waals surface area contributed by atoms with Gasteiger partial charge in [-0.1, -0.05) is 35.2 Å². The van der Waals surface area contributed by atoms with Crippen molar-refractivity contribution in [1.29, 1.82) is 0 Å². The zero-order valence-electron chi connectivity index (χ0n) is 12.8. The van der Waals surface area contributed by atoms with E-state index in [1.165, 1.54) is 0 Å². The van der Waals surface area contributed by atoms with E-state index in [2.05, 4.69) is 20.9 Å². The highest BCUT2D eigenvalue weighted by atomic mass is 32.2. The molecular weight excluding hydrogens is 348 g/mol. The standard InChI is InChI=1S/C15H16N4OS3/c1-3-16-14-18-19-15(23-14)22-9-11-8-21-13(17-11)10-5-4-6-12(7-10)20-2/h4-8H,3,9H2,1-2H3,(H,16,18). The fourth-order valence-electron chi connectivity index (χ4n) is 1.89. The Bertz CT molecular complexity index is 771. The number of aromatic nitrogens is 3. The first-order valence-electron chi connectivity index (χ1n) is 7.07. The molecule has 1 N–H and O–H groups in total. The number of hydrogen-bond donors (Lipinski definition) is 1. The van der Waals surface area contributed by atoms with Crippen LogP contribution in [0.15, 0.2) is 34.0 Å². The third-order valence-corrected chi connectivity index (χ3v) is 5.93. The molecule has 0 aliphatic carbocycles. The summed E-state index contributed by atoms with van der Waals surface area (Å²) in [5.74, 6) is 1.64. The van der Waals surface area contributed by atoms with E-state index < -0.39 is 0 Å². The van der Waals surface area contributed by atoms with Crippen LogP contribution in [0.5, 0.6) is 5.75 Å². The second-order valence-electron chi connectivity index (χ2n) is 4.57. The Kier molecular flexibility index (Phi) is 5.47. The number of thioether (sulfide) groups is 1. The maximum atomic E-state index is 5.26. The SMILES string of the molecule is CCNc1nnc(SCc2csc(-c3cccc(OC)c3)n2)s1. The van der Waals surface area contributed by atoms with Crippen LogP contribution in [-0.2, 0) is 5.75 Å². The zero-order chi connectivity index (χ0) is 16.1. The second kappa shape index (κ2) is 7.76. The molecule has 2 aromatic heterocycles. The van der Waals surface area contributed by atoms with Crippen molar-refractivity contribution in [3.8, 4) is 16.3 Å². The number of ether oxygens (including phenoxy) is 1. The van der Waals surface area contributed by atoms with Gasteiger partial charge in [0.1, 0.15) is 10.8 Å². The summed E-state index contributed by atoms with van der Waals surface area (Å²) < 4.78 is 6.22. The van der Waals surface area contributed by atoms with Crippen molar-refractivity contribution < 1.29 is 4.74 Å². The van der Waals surface area contributed by atoms with Gasteiger partial charge in [0.05, 0.1) is 12.8 Å². The zero-order valence-corrected chi connectivity index (χ0v) is 15.2. The summed E-state index contributed by atoms with van der Waals surface area (Å²) in [4.78, 5) is 4.70. The van der Waals surface area contributed by atoms with Crippen molar-refractivity contribution in [2.24, 2.45) is 0 Å². The van der Waals surface area contributed by atoms with Crippen LogP contribution in [0.4, 0.5) is 5.13 Å². The summed E-state index contributed by atoms with van der Waals surface area (Å²) >= 11 is 4.88. The number of methoxy groups -OCH3 is 1. The fourth-order valence-corrected chi connectivity index (χ4v) is 4.52. The van der Waals surface area contributed by atoms with E-state index in [1.54, 1.807) is 41.5 Å². The number of benzene rings is 1. The average molecular weight is 365 g/mol. The van der Waals surface area contributed by atoms with E-state index in [1.807, 2.05) is 31.2 Å².